The number of non-ortho nitro benzene ring substituents is 1. The monoisotopic (exact) mass is 495 g/mol. The Morgan fingerprint density at radius 1 is 1.15 bits per heavy atom. The van der Waals surface area contributed by atoms with Crippen LogP contribution in [0.25, 0.3) is 0 Å². The van der Waals surface area contributed by atoms with Gasteiger partial charge in [0.1, 0.15) is 0 Å². The molecular weight excluding hydrogens is 474 g/mol. The van der Waals surface area contributed by atoms with Gasteiger partial charge in [-0.2, -0.15) is 4.31 Å². The molecular formula is C21H22ClN3O7S. The van der Waals surface area contributed by atoms with Gasteiger partial charge >= 0.3 is 5.97 Å². The molecule has 0 radical (unpaired) electrons. The number of esters is 1. The van der Waals surface area contributed by atoms with Gasteiger partial charge in [0.2, 0.25) is 10.0 Å². The molecule has 0 saturated carbocycles. The summed E-state index contributed by atoms with van der Waals surface area (Å²) in [6.07, 6.45) is 1.30. The van der Waals surface area contributed by atoms with Gasteiger partial charge in [-0.25, -0.2) is 13.2 Å². The highest BCUT2D eigenvalue weighted by Crippen LogP contribution is 2.27. The van der Waals surface area contributed by atoms with Crippen molar-refractivity contribution in [3.63, 3.8) is 0 Å². The van der Waals surface area contributed by atoms with Gasteiger partial charge in [-0.3, -0.25) is 14.9 Å². The molecule has 0 spiro atoms. The van der Waals surface area contributed by atoms with Crippen LogP contribution in [0.3, 0.4) is 0 Å². The zero-order valence-corrected chi connectivity index (χ0v) is 19.3. The van der Waals surface area contributed by atoms with Crippen molar-refractivity contribution in [1.29, 1.82) is 0 Å². The lowest BCUT2D eigenvalue weighted by molar-refractivity contribution is -0.384. The van der Waals surface area contributed by atoms with E-state index in [9.17, 15) is 28.1 Å². The summed E-state index contributed by atoms with van der Waals surface area (Å²) in [4.78, 5) is 35.1. The van der Waals surface area contributed by atoms with Crippen molar-refractivity contribution in [3.05, 3.63) is 63.2 Å². The van der Waals surface area contributed by atoms with E-state index in [-0.39, 0.29) is 26.9 Å². The number of rotatable bonds is 7. The molecule has 0 aliphatic carbocycles. The van der Waals surface area contributed by atoms with Crippen LogP contribution in [-0.4, -0.2) is 48.7 Å². The standard InChI is InChI=1S/C21H22ClN3O7S/c1-14(20(26)23-19-9-8-16(25(28)29)13-18(19)22)32-21(27)15-6-5-7-17(12-15)33(30,31)24-10-3-2-4-11-24/h5-9,12-14H,2-4,10-11H2,1H3,(H,23,26). The predicted molar refractivity (Wildman–Crippen MR) is 121 cm³/mol. The SMILES string of the molecule is CC(OC(=O)c1cccc(S(=O)(=O)N2CCCCC2)c1)C(=O)Nc1ccc([N+](=O)[O-])cc1Cl. The van der Waals surface area contributed by atoms with E-state index in [1.54, 1.807) is 0 Å². The van der Waals surface area contributed by atoms with Crippen molar-refractivity contribution < 1.29 is 27.7 Å². The molecule has 12 heteroatoms. The average Bonchev–Trinajstić information content (AvgIpc) is 2.80. The lowest BCUT2D eigenvalue weighted by atomic mass is 10.2. The van der Waals surface area contributed by atoms with Crippen LogP contribution >= 0.6 is 11.6 Å². The molecule has 1 aliphatic heterocycles. The second-order valence-electron chi connectivity index (χ2n) is 7.45. The summed E-state index contributed by atoms with van der Waals surface area (Å²) in [5.74, 6) is -1.58. The van der Waals surface area contributed by atoms with Gasteiger partial charge in [0, 0.05) is 25.2 Å². The Morgan fingerprint density at radius 2 is 1.85 bits per heavy atom. The fourth-order valence-electron chi connectivity index (χ4n) is 3.27. The van der Waals surface area contributed by atoms with Crippen molar-refractivity contribution in [3.8, 4) is 0 Å². The molecule has 10 nitrogen and oxygen atoms in total. The Balaban J connectivity index is 1.68. The molecule has 1 N–H and O–H groups in total. The number of hydrogen-bond acceptors (Lipinski definition) is 7. The summed E-state index contributed by atoms with van der Waals surface area (Å²) < 4.78 is 32.3. The van der Waals surface area contributed by atoms with E-state index in [1.165, 1.54) is 47.6 Å². The van der Waals surface area contributed by atoms with E-state index >= 15 is 0 Å². The summed E-state index contributed by atoms with van der Waals surface area (Å²) in [6.45, 7) is 2.19. The second-order valence-corrected chi connectivity index (χ2v) is 9.80. The van der Waals surface area contributed by atoms with Crippen molar-refractivity contribution in [1.82, 2.24) is 4.31 Å². The predicted octanol–water partition coefficient (Wildman–Crippen LogP) is 3.61. The van der Waals surface area contributed by atoms with E-state index in [2.05, 4.69) is 5.32 Å². The van der Waals surface area contributed by atoms with Gasteiger partial charge in [-0.05, 0) is 44.0 Å². The number of amides is 1. The number of anilines is 1. The number of benzene rings is 2. The second kappa shape index (κ2) is 10.3. The first-order valence-corrected chi connectivity index (χ1v) is 12.0. The zero-order valence-electron chi connectivity index (χ0n) is 17.7. The summed E-state index contributed by atoms with van der Waals surface area (Å²) in [5, 5.41) is 13.2. The van der Waals surface area contributed by atoms with Gasteiger partial charge in [0.15, 0.2) is 6.10 Å². The number of carbonyl (C=O) groups is 2. The van der Waals surface area contributed by atoms with Gasteiger partial charge in [-0.1, -0.05) is 24.1 Å². The van der Waals surface area contributed by atoms with Gasteiger partial charge in [-0.15, -0.1) is 0 Å². The molecule has 2 aromatic carbocycles. The molecule has 1 amide bonds. The summed E-state index contributed by atoms with van der Waals surface area (Å²) >= 11 is 5.96. The maximum absolute atomic E-state index is 12.8. The highest BCUT2D eigenvalue weighted by atomic mass is 35.5. The number of ether oxygens (including phenoxy) is 1. The van der Waals surface area contributed by atoms with Crippen LogP contribution in [0.2, 0.25) is 5.02 Å². The molecule has 1 heterocycles. The van der Waals surface area contributed by atoms with E-state index in [4.69, 9.17) is 16.3 Å². The zero-order chi connectivity index (χ0) is 24.2. The highest BCUT2D eigenvalue weighted by molar-refractivity contribution is 7.89. The fraction of sp³-hybridized carbons (Fsp3) is 0.333. The third-order valence-electron chi connectivity index (χ3n) is 5.10. The van der Waals surface area contributed by atoms with Gasteiger partial charge in [0.05, 0.1) is 26.1 Å². The summed E-state index contributed by atoms with van der Waals surface area (Å²) in [5.41, 5.74) is -0.136. The number of nitro groups is 1. The Hall–Kier alpha value is -3.02. The van der Waals surface area contributed by atoms with Crippen molar-refractivity contribution in [2.24, 2.45) is 0 Å². The summed E-state index contributed by atoms with van der Waals surface area (Å²) in [6, 6.07) is 9.00. The Bertz CT molecular complexity index is 1180. The quantitative estimate of drug-likeness (QED) is 0.352. The molecule has 176 valence electrons. The first kappa shape index (κ1) is 24.6. The van der Waals surface area contributed by atoms with Gasteiger partial charge < -0.3 is 10.1 Å². The first-order chi connectivity index (χ1) is 15.6. The van der Waals surface area contributed by atoms with Crippen LogP contribution in [0.15, 0.2) is 47.4 Å². The number of sulfonamides is 1. The number of carbonyl (C=O) groups excluding carboxylic acids is 2. The molecule has 2 aromatic rings. The fourth-order valence-corrected chi connectivity index (χ4v) is 5.06. The minimum Gasteiger partial charge on any atom is -0.449 e. The van der Waals surface area contributed by atoms with Crippen LogP contribution in [0.5, 0.6) is 0 Å². The molecule has 1 aliphatic rings. The highest BCUT2D eigenvalue weighted by Gasteiger charge is 2.27. The summed E-state index contributed by atoms with van der Waals surface area (Å²) in [7, 11) is -3.73. The van der Waals surface area contributed by atoms with E-state index in [1.807, 2.05) is 0 Å². The number of nitrogens with zero attached hydrogens (tertiary/aromatic N) is 2. The van der Waals surface area contributed by atoms with Crippen LogP contribution < -0.4 is 5.32 Å². The Kier molecular flexibility index (Phi) is 7.67. The molecule has 1 fully saturated rings. The molecule has 33 heavy (non-hydrogen) atoms. The normalized spacial score (nSPS) is 15.5. The Morgan fingerprint density at radius 3 is 2.48 bits per heavy atom. The van der Waals surface area contributed by atoms with Crippen LogP contribution in [0.4, 0.5) is 11.4 Å². The molecule has 3 rings (SSSR count). The number of nitro benzene ring substituents is 1. The van der Waals surface area contributed by atoms with E-state index in [0.29, 0.717) is 13.1 Å². The minimum atomic E-state index is -3.73. The largest absolute Gasteiger partial charge is 0.449 e. The van der Waals surface area contributed by atoms with Crippen molar-refractivity contribution >= 4 is 44.9 Å². The lowest BCUT2D eigenvalue weighted by Crippen LogP contribution is -2.35. The van der Waals surface area contributed by atoms with E-state index in [0.717, 1.165) is 25.3 Å². The molecule has 1 unspecified atom stereocenters. The number of halogens is 1. The lowest BCUT2D eigenvalue weighted by Gasteiger charge is -2.26. The molecule has 0 aromatic heterocycles. The third kappa shape index (κ3) is 5.86. The molecule has 0 bridgehead atoms. The van der Waals surface area contributed by atoms with Crippen LogP contribution in [-0.2, 0) is 19.6 Å². The smallest absolute Gasteiger partial charge is 0.338 e. The van der Waals surface area contributed by atoms with Crippen molar-refractivity contribution in [2.75, 3.05) is 18.4 Å². The van der Waals surface area contributed by atoms with Crippen molar-refractivity contribution in [2.45, 2.75) is 37.2 Å². The molecule has 1 saturated heterocycles. The number of piperidine rings is 1. The van der Waals surface area contributed by atoms with E-state index < -0.39 is 32.9 Å². The third-order valence-corrected chi connectivity index (χ3v) is 7.30. The van der Waals surface area contributed by atoms with Crippen LogP contribution in [0, 0.1) is 10.1 Å². The van der Waals surface area contributed by atoms with Crippen LogP contribution in [0.1, 0.15) is 36.5 Å². The number of hydrogen-bond donors (Lipinski definition) is 1. The minimum absolute atomic E-state index is 0.0129. The Labute approximate surface area is 195 Å². The topological polar surface area (TPSA) is 136 Å². The average molecular weight is 496 g/mol. The molecule has 1 atom stereocenters. The maximum atomic E-state index is 12.8. The van der Waals surface area contributed by atoms with Gasteiger partial charge in [0.25, 0.3) is 11.6 Å². The maximum Gasteiger partial charge on any atom is 0.338 e. The first-order valence-electron chi connectivity index (χ1n) is 10.2. The number of nitrogens with one attached hydrogen (secondary N) is 1.